The van der Waals surface area contributed by atoms with Gasteiger partial charge in [0.25, 0.3) is 0 Å². The summed E-state index contributed by atoms with van der Waals surface area (Å²) in [5.41, 5.74) is 5.70. The molecule has 0 aliphatic carbocycles. The van der Waals surface area contributed by atoms with Gasteiger partial charge in [-0.25, -0.2) is 0 Å². The third-order valence-corrected chi connectivity index (χ3v) is 4.06. The predicted molar refractivity (Wildman–Crippen MR) is 84.2 cm³/mol. The van der Waals surface area contributed by atoms with Crippen molar-refractivity contribution in [2.45, 2.75) is 51.4 Å². The molecule has 0 radical (unpaired) electrons. The molecule has 2 rings (SSSR count). The zero-order valence-electron chi connectivity index (χ0n) is 13.6. The summed E-state index contributed by atoms with van der Waals surface area (Å²) in [6.45, 7) is 9.52. The van der Waals surface area contributed by atoms with E-state index < -0.39 is 7.12 Å². The van der Waals surface area contributed by atoms with E-state index in [2.05, 4.69) is 4.99 Å². The predicted octanol–water partition coefficient (Wildman–Crippen LogP) is 0.929. The van der Waals surface area contributed by atoms with E-state index in [1.54, 1.807) is 6.21 Å². The van der Waals surface area contributed by atoms with Crippen molar-refractivity contribution in [1.82, 2.24) is 0 Å². The van der Waals surface area contributed by atoms with Crippen LogP contribution in [-0.2, 0) is 14.0 Å². The number of nitrogens with two attached hydrogens (primary N) is 1. The number of nitrogens with zero attached hydrogens (tertiary/aromatic N) is 1. The van der Waals surface area contributed by atoms with Crippen LogP contribution in [-0.4, -0.2) is 56.0 Å². The molecule has 3 N–H and O–H groups in total. The standard InChI is InChI=1S/C13H23BN2O3.CH4O/c1-12(2)13(3,4)19-14(18-12)10(7-15)8-16-11-5-6-17-9-11;1-2/h7-8,11H,5-6,9,15H2,1-4H3;2H,1H3/b10-7+,16-8?;. The molecule has 0 aromatic rings. The van der Waals surface area contributed by atoms with Gasteiger partial charge in [-0.05, 0) is 40.3 Å². The maximum atomic E-state index is 7.00. The SMILES string of the molecule is CC1(C)OB(/C(C=NC2CCOC2)=C/N)OC1(C)C.CO. The smallest absolute Gasteiger partial charge is 0.405 e. The van der Waals surface area contributed by atoms with Gasteiger partial charge in [0.1, 0.15) is 0 Å². The van der Waals surface area contributed by atoms with E-state index in [9.17, 15) is 0 Å². The average Bonchev–Trinajstić information content (AvgIpc) is 3.00. The van der Waals surface area contributed by atoms with Crippen molar-refractivity contribution in [3.63, 3.8) is 0 Å². The summed E-state index contributed by atoms with van der Waals surface area (Å²) in [6, 6.07) is 0.220. The van der Waals surface area contributed by atoms with Crippen LogP contribution >= 0.6 is 0 Å². The third kappa shape index (κ3) is 4.29. The van der Waals surface area contributed by atoms with E-state index in [0.29, 0.717) is 6.61 Å². The minimum atomic E-state index is -0.457. The monoisotopic (exact) mass is 298 g/mol. The molecule has 120 valence electrons. The fraction of sp³-hybridized carbons (Fsp3) is 0.786. The highest BCUT2D eigenvalue weighted by molar-refractivity contribution is 6.60. The van der Waals surface area contributed by atoms with Gasteiger partial charge in [-0.15, -0.1) is 0 Å². The first kappa shape index (κ1) is 18.2. The van der Waals surface area contributed by atoms with Gasteiger partial charge in [-0.3, -0.25) is 4.99 Å². The van der Waals surface area contributed by atoms with E-state index in [-0.39, 0.29) is 17.2 Å². The number of rotatable bonds is 3. The molecule has 0 saturated carbocycles. The van der Waals surface area contributed by atoms with E-state index in [0.717, 1.165) is 25.6 Å². The molecule has 0 amide bonds. The Morgan fingerprint density at radius 3 is 2.24 bits per heavy atom. The zero-order chi connectivity index (χ0) is 16.1. The molecular formula is C14H27BN2O4. The van der Waals surface area contributed by atoms with E-state index in [1.807, 2.05) is 27.7 Å². The van der Waals surface area contributed by atoms with Crippen LogP contribution in [0.15, 0.2) is 16.7 Å². The van der Waals surface area contributed by atoms with Crippen molar-refractivity contribution in [1.29, 1.82) is 0 Å². The van der Waals surface area contributed by atoms with Crippen molar-refractivity contribution < 1.29 is 19.2 Å². The van der Waals surface area contributed by atoms with Crippen LogP contribution in [0.3, 0.4) is 0 Å². The minimum absolute atomic E-state index is 0.220. The third-order valence-electron chi connectivity index (χ3n) is 4.06. The number of hydrogen-bond acceptors (Lipinski definition) is 6. The number of aliphatic imine (C=N–C) groups is 1. The van der Waals surface area contributed by atoms with Crippen molar-refractivity contribution >= 4 is 13.3 Å². The topological polar surface area (TPSA) is 86.3 Å². The number of hydrogen-bond donors (Lipinski definition) is 2. The van der Waals surface area contributed by atoms with Crippen LogP contribution in [0.1, 0.15) is 34.1 Å². The lowest BCUT2D eigenvalue weighted by molar-refractivity contribution is 0.00578. The number of aliphatic hydroxyl groups is 1. The van der Waals surface area contributed by atoms with Crippen LogP contribution in [0.25, 0.3) is 0 Å². The number of allylic oxidation sites excluding steroid dienone is 1. The Kier molecular flexibility index (Phi) is 6.40. The summed E-state index contributed by atoms with van der Waals surface area (Å²) < 4.78 is 17.2. The first-order chi connectivity index (χ1) is 9.86. The molecule has 1 unspecified atom stereocenters. The van der Waals surface area contributed by atoms with Crippen LogP contribution in [0.2, 0.25) is 0 Å². The Hall–Kier alpha value is -0.885. The summed E-state index contributed by atoms with van der Waals surface area (Å²) in [6.07, 6.45) is 4.21. The van der Waals surface area contributed by atoms with Gasteiger partial charge >= 0.3 is 7.12 Å². The largest absolute Gasteiger partial charge is 0.497 e. The Bertz CT molecular complexity index is 374. The maximum Gasteiger partial charge on any atom is 0.497 e. The minimum Gasteiger partial charge on any atom is -0.405 e. The summed E-state index contributed by atoms with van der Waals surface area (Å²) in [5, 5.41) is 7.00. The molecule has 2 aliphatic rings. The van der Waals surface area contributed by atoms with Crippen molar-refractivity contribution in [2.75, 3.05) is 20.3 Å². The molecule has 0 bridgehead atoms. The highest BCUT2D eigenvalue weighted by Gasteiger charge is 2.52. The Morgan fingerprint density at radius 1 is 1.24 bits per heavy atom. The molecule has 0 aromatic carbocycles. The molecule has 0 aromatic heterocycles. The zero-order valence-corrected chi connectivity index (χ0v) is 13.6. The van der Waals surface area contributed by atoms with Gasteiger partial charge in [0.05, 0.1) is 23.9 Å². The lowest BCUT2D eigenvalue weighted by Crippen LogP contribution is -2.41. The van der Waals surface area contributed by atoms with E-state index in [4.69, 9.17) is 24.9 Å². The van der Waals surface area contributed by atoms with Crippen molar-refractivity contribution in [2.24, 2.45) is 10.7 Å². The Labute approximate surface area is 127 Å². The molecule has 6 nitrogen and oxygen atoms in total. The first-order valence-electron chi connectivity index (χ1n) is 7.19. The summed E-state index contributed by atoms with van der Waals surface area (Å²) in [7, 11) is 0.543. The maximum absolute atomic E-state index is 7.00. The molecule has 7 heteroatoms. The number of aliphatic hydroxyl groups excluding tert-OH is 1. The highest BCUT2D eigenvalue weighted by atomic mass is 16.7. The molecule has 2 heterocycles. The van der Waals surface area contributed by atoms with Gasteiger partial charge in [0.2, 0.25) is 0 Å². The Balaban J connectivity index is 0.00000106. The van der Waals surface area contributed by atoms with E-state index >= 15 is 0 Å². The average molecular weight is 298 g/mol. The quantitative estimate of drug-likeness (QED) is 0.598. The van der Waals surface area contributed by atoms with Crippen LogP contribution in [0.5, 0.6) is 0 Å². The fourth-order valence-electron chi connectivity index (χ4n) is 1.99. The van der Waals surface area contributed by atoms with E-state index in [1.165, 1.54) is 6.20 Å². The fourth-order valence-corrected chi connectivity index (χ4v) is 1.99. The van der Waals surface area contributed by atoms with Gasteiger partial charge in [-0.1, -0.05) is 0 Å². The highest BCUT2D eigenvalue weighted by Crippen LogP contribution is 2.38. The summed E-state index contributed by atoms with van der Waals surface area (Å²) in [5.74, 6) is 0. The van der Waals surface area contributed by atoms with Crippen molar-refractivity contribution in [3.05, 3.63) is 11.7 Å². The molecule has 0 spiro atoms. The molecule has 2 aliphatic heterocycles. The summed E-state index contributed by atoms with van der Waals surface area (Å²) in [4.78, 5) is 4.48. The normalized spacial score (nSPS) is 27.8. The van der Waals surface area contributed by atoms with Gasteiger partial charge in [0.15, 0.2) is 0 Å². The molecule has 1 atom stereocenters. The van der Waals surface area contributed by atoms with Gasteiger partial charge in [-0.2, -0.15) is 0 Å². The van der Waals surface area contributed by atoms with Crippen LogP contribution < -0.4 is 5.73 Å². The first-order valence-corrected chi connectivity index (χ1v) is 7.19. The second-order valence-electron chi connectivity index (χ2n) is 6.05. The molecule has 2 saturated heterocycles. The van der Waals surface area contributed by atoms with Gasteiger partial charge in [0, 0.05) is 25.4 Å². The lowest BCUT2D eigenvalue weighted by atomic mass is 9.79. The lowest BCUT2D eigenvalue weighted by Gasteiger charge is -2.32. The summed E-state index contributed by atoms with van der Waals surface area (Å²) >= 11 is 0. The van der Waals surface area contributed by atoms with Crippen molar-refractivity contribution in [3.8, 4) is 0 Å². The molecular weight excluding hydrogens is 271 g/mol. The number of ether oxygens (including phenoxy) is 1. The molecule has 21 heavy (non-hydrogen) atoms. The molecule has 2 fully saturated rings. The second kappa shape index (κ2) is 7.40. The second-order valence-corrected chi connectivity index (χ2v) is 6.05. The van der Waals surface area contributed by atoms with Gasteiger partial charge < -0.3 is 24.9 Å². The van der Waals surface area contributed by atoms with Crippen LogP contribution in [0.4, 0.5) is 0 Å². The van der Waals surface area contributed by atoms with Crippen LogP contribution in [0, 0.1) is 0 Å². The Morgan fingerprint density at radius 2 is 1.81 bits per heavy atom.